The molecule has 1 saturated carbocycles. The molecule has 3 rings (SSSR count). The number of aromatic nitrogens is 1. The molecule has 0 bridgehead atoms. The molecule has 2 N–H and O–H groups in total. The van der Waals surface area contributed by atoms with Crippen molar-refractivity contribution in [1.29, 1.82) is 0 Å². The second kappa shape index (κ2) is 7.47. The molecular weight excluding hydrogens is 298 g/mol. The fourth-order valence-electron chi connectivity index (χ4n) is 3.07. The quantitative estimate of drug-likeness (QED) is 0.830. The van der Waals surface area contributed by atoms with Crippen molar-refractivity contribution in [2.24, 2.45) is 0 Å². The third kappa shape index (κ3) is 4.13. The Labute approximate surface area is 143 Å². The lowest BCUT2D eigenvalue weighted by atomic mass is 10.0. The van der Waals surface area contributed by atoms with E-state index in [1.54, 1.807) is 12.3 Å². The van der Waals surface area contributed by atoms with Crippen molar-refractivity contribution in [1.82, 2.24) is 4.98 Å². The molecule has 1 heterocycles. The van der Waals surface area contributed by atoms with Crippen molar-refractivity contribution >= 4 is 17.3 Å². The minimum Gasteiger partial charge on any atom is -0.381 e. The highest BCUT2D eigenvalue weighted by atomic mass is 16.1. The van der Waals surface area contributed by atoms with E-state index in [4.69, 9.17) is 0 Å². The van der Waals surface area contributed by atoms with E-state index in [0.717, 1.165) is 11.4 Å². The van der Waals surface area contributed by atoms with E-state index in [0.29, 0.717) is 17.7 Å². The van der Waals surface area contributed by atoms with E-state index in [9.17, 15) is 4.79 Å². The second-order valence-corrected chi connectivity index (χ2v) is 6.79. The molecule has 0 radical (unpaired) electrons. The lowest BCUT2D eigenvalue weighted by Gasteiger charge is -2.13. The van der Waals surface area contributed by atoms with Gasteiger partial charge in [0.25, 0.3) is 5.91 Å². The number of amides is 1. The van der Waals surface area contributed by atoms with Crippen LogP contribution in [-0.2, 0) is 0 Å². The third-order valence-corrected chi connectivity index (χ3v) is 4.56. The molecule has 1 amide bonds. The van der Waals surface area contributed by atoms with Gasteiger partial charge in [-0.25, -0.2) is 4.98 Å². The lowest BCUT2D eigenvalue weighted by molar-refractivity contribution is 0.102. The standard InChI is InChI=1S/C20H25N3O/c1-14(2)15-7-9-17(10-8-15)23-20(24)19-12-11-18(13-21-19)22-16-5-3-4-6-16/h7-14,16,22H,3-6H2,1-2H3,(H,23,24). The fourth-order valence-corrected chi connectivity index (χ4v) is 3.07. The van der Waals surface area contributed by atoms with E-state index in [2.05, 4.69) is 29.5 Å². The molecule has 24 heavy (non-hydrogen) atoms. The Bertz CT molecular complexity index is 671. The van der Waals surface area contributed by atoms with Gasteiger partial charge in [-0.2, -0.15) is 0 Å². The van der Waals surface area contributed by atoms with Crippen LogP contribution in [0.3, 0.4) is 0 Å². The molecule has 1 aliphatic carbocycles. The van der Waals surface area contributed by atoms with Crippen LogP contribution in [0.4, 0.5) is 11.4 Å². The highest BCUT2D eigenvalue weighted by Crippen LogP contribution is 2.22. The van der Waals surface area contributed by atoms with Crippen LogP contribution in [0.5, 0.6) is 0 Å². The first-order valence-electron chi connectivity index (χ1n) is 8.76. The van der Waals surface area contributed by atoms with Gasteiger partial charge in [-0.15, -0.1) is 0 Å². The van der Waals surface area contributed by atoms with E-state index in [1.807, 2.05) is 30.3 Å². The van der Waals surface area contributed by atoms with Gasteiger partial charge in [0, 0.05) is 11.7 Å². The zero-order valence-corrected chi connectivity index (χ0v) is 14.4. The molecule has 126 valence electrons. The van der Waals surface area contributed by atoms with Crippen LogP contribution >= 0.6 is 0 Å². The molecule has 1 fully saturated rings. The van der Waals surface area contributed by atoms with Crippen molar-refractivity contribution in [3.05, 3.63) is 53.9 Å². The number of nitrogens with one attached hydrogen (secondary N) is 2. The fraction of sp³-hybridized carbons (Fsp3) is 0.400. The van der Waals surface area contributed by atoms with Crippen molar-refractivity contribution in [2.75, 3.05) is 10.6 Å². The highest BCUT2D eigenvalue weighted by Gasteiger charge is 2.15. The summed E-state index contributed by atoms with van der Waals surface area (Å²) in [4.78, 5) is 16.6. The predicted octanol–water partition coefficient (Wildman–Crippen LogP) is 4.81. The van der Waals surface area contributed by atoms with E-state index in [-0.39, 0.29) is 5.91 Å². The topological polar surface area (TPSA) is 54.0 Å². The summed E-state index contributed by atoms with van der Waals surface area (Å²) in [6.45, 7) is 4.30. The number of carbonyl (C=O) groups excluding carboxylic acids is 1. The van der Waals surface area contributed by atoms with Crippen LogP contribution in [0.1, 0.15) is 61.5 Å². The Morgan fingerprint density at radius 3 is 2.29 bits per heavy atom. The largest absolute Gasteiger partial charge is 0.381 e. The predicted molar refractivity (Wildman–Crippen MR) is 98.6 cm³/mol. The summed E-state index contributed by atoms with van der Waals surface area (Å²) in [6.07, 6.45) is 6.76. The number of pyridine rings is 1. The lowest BCUT2D eigenvalue weighted by Crippen LogP contribution is -2.16. The maximum atomic E-state index is 12.3. The monoisotopic (exact) mass is 323 g/mol. The van der Waals surface area contributed by atoms with Crippen LogP contribution in [-0.4, -0.2) is 16.9 Å². The average Bonchev–Trinajstić information content (AvgIpc) is 3.09. The first kappa shape index (κ1) is 16.5. The van der Waals surface area contributed by atoms with E-state index >= 15 is 0 Å². The zero-order valence-electron chi connectivity index (χ0n) is 14.4. The van der Waals surface area contributed by atoms with Gasteiger partial charge in [0.2, 0.25) is 0 Å². The van der Waals surface area contributed by atoms with Crippen LogP contribution < -0.4 is 10.6 Å². The Morgan fingerprint density at radius 1 is 1.04 bits per heavy atom. The van der Waals surface area contributed by atoms with E-state index in [1.165, 1.54) is 31.2 Å². The summed E-state index contributed by atoms with van der Waals surface area (Å²) in [5, 5.41) is 6.37. The van der Waals surface area contributed by atoms with Crippen LogP contribution in [0, 0.1) is 0 Å². The summed E-state index contributed by atoms with van der Waals surface area (Å²) >= 11 is 0. The molecule has 2 aromatic rings. The Morgan fingerprint density at radius 2 is 1.71 bits per heavy atom. The number of carbonyl (C=O) groups is 1. The van der Waals surface area contributed by atoms with Crippen molar-refractivity contribution in [2.45, 2.75) is 51.5 Å². The molecule has 1 aromatic carbocycles. The minimum atomic E-state index is -0.181. The summed E-state index contributed by atoms with van der Waals surface area (Å²) < 4.78 is 0. The number of benzene rings is 1. The first-order chi connectivity index (χ1) is 11.6. The summed E-state index contributed by atoms with van der Waals surface area (Å²) in [5.41, 5.74) is 3.47. The Kier molecular flexibility index (Phi) is 5.14. The maximum Gasteiger partial charge on any atom is 0.274 e. The molecule has 4 nitrogen and oxygen atoms in total. The van der Waals surface area contributed by atoms with Crippen LogP contribution in [0.2, 0.25) is 0 Å². The number of anilines is 2. The van der Waals surface area contributed by atoms with E-state index < -0.39 is 0 Å². The number of nitrogens with zero attached hydrogens (tertiary/aromatic N) is 1. The summed E-state index contributed by atoms with van der Waals surface area (Å²) in [5.74, 6) is 0.302. The van der Waals surface area contributed by atoms with Gasteiger partial charge < -0.3 is 10.6 Å². The van der Waals surface area contributed by atoms with Crippen molar-refractivity contribution < 1.29 is 4.79 Å². The molecule has 0 spiro atoms. The Hall–Kier alpha value is -2.36. The first-order valence-corrected chi connectivity index (χ1v) is 8.76. The molecular formula is C20H25N3O. The van der Waals surface area contributed by atoms with Crippen LogP contribution in [0.15, 0.2) is 42.6 Å². The van der Waals surface area contributed by atoms with Gasteiger partial charge in [0.05, 0.1) is 11.9 Å². The van der Waals surface area contributed by atoms with Crippen molar-refractivity contribution in [3.8, 4) is 0 Å². The van der Waals surface area contributed by atoms with Gasteiger partial charge in [0.1, 0.15) is 5.69 Å². The van der Waals surface area contributed by atoms with Gasteiger partial charge in [-0.1, -0.05) is 38.8 Å². The average molecular weight is 323 g/mol. The molecule has 0 aliphatic heterocycles. The SMILES string of the molecule is CC(C)c1ccc(NC(=O)c2ccc(NC3CCCC3)cn2)cc1. The summed E-state index contributed by atoms with van der Waals surface area (Å²) in [6, 6.07) is 12.2. The number of hydrogen-bond acceptors (Lipinski definition) is 3. The van der Waals surface area contributed by atoms with Gasteiger partial charge in [-0.05, 0) is 48.6 Å². The zero-order chi connectivity index (χ0) is 16.9. The van der Waals surface area contributed by atoms with Gasteiger partial charge in [0.15, 0.2) is 0 Å². The molecule has 1 aliphatic rings. The van der Waals surface area contributed by atoms with Gasteiger partial charge in [-0.3, -0.25) is 4.79 Å². The Balaban J connectivity index is 1.60. The molecule has 0 atom stereocenters. The van der Waals surface area contributed by atoms with Crippen molar-refractivity contribution in [3.63, 3.8) is 0 Å². The molecule has 4 heteroatoms. The van der Waals surface area contributed by atoms with Crippen LogP contribution in [0.25, 0.3) is 0 Å². The highest BCUT2D eigenvalue weighted by molar-refractivity contribution is 6.02. The third-order valence-electron chi connectivity index (χ3n) is 4.56. The smallest absolute Gasteiger partial charge is 0.274 e. The number of hydrogen-bond donors (Lipinski definition) is 2. The van der Waals surface area contributed by atoms with Gasteiger partial charge >= 0.3 is 0 Å². The summed E-state index contributed by atoms with van der Waals surface area (Å²) in [7, 11) is 0. The number of rotatable bonds is 5. The normalized spacial score (nSPS) is 14.8. The second-order valence-electron chi connectivity index (χ2n) is 6.79. The molecule has 1 aromatic heterocycles. The minimum absolute atomic E-state index is 0.181. The molecule has 0 unspecified atom stereocenters. The molecule has 0 saturated heterocycles. The maximum absolute atomic E-state index is 12.3.